The Morgan fingerprint density at radius 3 is 2.29 bits per heavy atom. The highest BCUT2D eigenvalue weighted by molar-refractivity contribution is 6.07. The van der Waals surface area contributed by atoms with E-state index in [1.807, 2.05) is 32.0 Å². The van der Waals surface area contributed by atoms with Gasteiger partial charge in [-0.1, -0.05) is 12.1 Å². The van der Waals surface area contributed by atoms with Gasteiger partial charge in [0.05, 0.1) is 20.3 Å². The molecule has 0 heterocycles. The fourth-order valence-electron chi connectivity index (χ4n) is 2.20. The van der Waals surface area contributed by atoms with Crippen molar-refractivity contribution in [2.24, 2.45) is 0 Å². The van der Waals surface area contributed by atoms with E-state index >= 15 is 0 Å². The molecule has 24 heavy (non-hydrogen) atoms. The molecule has 126 valence electrons. The number of hydrogen-bond acceptors (Lipinski definition) is 4. The minimum atomic E-state index is -0.0871. The highest BCUT2D eigenvalue weighted by Crippen LogP contribution is 2.33. The van der Waals surface area contributed by atoms with Crippen molar-refractivity contribution < 1.29 is 19.0 Å². The van der Waals surface area contributed by atoms with Crippen LogP contribution in [0.5, 0.6) is 17.2 Å². The number of benzene rings is 2. The molecule has 0 spiro atoms. The van der Waals surface area contributed by atoms with Gasteiger partial charge in [0.15, 0.2) is 17.3 Å². The standard InChI is InChI=1S/C20H22O4/c1-14(2)24-20-16(6-5-7-19(20)23-4)10-13-18(21)15-8-11-17(22-3)12-9-15/h5-14H,1-4H3. The molecule has 0 fully saturated rings. The minimum absolute atomic E-state index is 0.00531. The van der Waals surface area contributed by atoms with Crippen molar-refractivity contribution in [1.82, 2.24) is 0 Å². The lowest BCUT2D eigenvalue weighted by Gasteiger charge is -2.15. The van der Waals surface area contributed by atoms with Crippen molar-refractivity contribution in [2.45, 2.75) is 20.0 Å². The zero-order valence-electron chi connectivity index (χ0n) is 14.4. The third-order valence-corrected chi connectivity index (χ3v) is 3.37. The van der Waals surface area contributed by atoms with Gasteiger partial charge in [0, 0.05) is 11.1 Å². The number of ketones is 1. The van der Waals surface area contributed by atoms with E-state index in [9.17, 15) is 4.79 Å². The number of ether oxygens (including phenoxy) is 3. The Morgan fingerprint density at radius 2 is 1.71 bits per heavy atom. The minimum Gasteiger partial charge on any atom is -0.497 e. The van der Waals surface area contributed by atoms with Crippen molar-refractivity contribution in [3.63, 3.8) is 0 Å². The fourth-order valence-corrected chi connectivity index (χ4v) is 2.20. The van der Waals surface area contributed by atoms with Gasteiger partial charge in [-0.25, -0.2) is 0 Å². The normalized spacial score (nSPS) is 10.9. The topological polar surface area (TPSA) is 44.8 Å². The van der Waals surface area contributed by atoms with Crippen molar-refractivity contribution in [3.8, 4) is 17.2 Å². The molecule has 0 aliphatic rings. The summed E-state index contributed by atoms with van der Waals surface area (Å²) >= 11 is 0. The van der Waals surface area contributed by atoms with Crippen molar-refractivity contribution >= 4 is 11.9 Å². The Kier molecular flexibility index (Phi) is 6.01. The molecule has 0 bridgehead atoms. The van der Waals surface area contributed by atoms with Crippen molar-refractivity contribution in [1.29, 1.82) is 0 Å². The Morgan fingerprint density at radius 1 is 1.00 bits per heavy atom. The molecule has 2 aromatic rings. The molecule has 4 nitrogen and oxygen atoms in total. The van der Waals surface area contributed by atoms with E-state index in [1.165, 1.54) is 6.08 Å². The maximum absolute atomic E-state index is 12.3. The van der Waals surface area contributed by atoms with Crippen LogP contribution in [0.25, 0.3) is 6.08 Å². The van der Waals surface area contributed by atoms with E-state index in [0.717, 1.165) is 11.3 Å². The number of para-hydroxylation sites is 1. The Labute approximate surface area is 142 Å². The highest BCUT2D eigenvalue weighted by atomic mass is 16.5. The van der Waals surface area contributed by atoms with E-state index in [4.69, 9.17) is 14.2 Å². The zero-order chi connectivity index (χ0) is 17.5. The molecule has 2 rings (SSSR count). The molecule has 0 aliphatic carbocycles. The molecule has 0 aromatic heterocycles. The second-order valence-electron chi connectivity index (χ2n) is 5.47. The average Bonchev–Trinajstić information content (AvgIpc) is 2.60. The number of hydrogen-bond donors (Lipinski definition) is 0. The van der Waals surface area contributed by atoms with Crippen LogP contribution < -0.4 is 14.2 Å². The van der Waals surface area contributed by atoms with E-state index in [0.29, 0.717) is 17.1 Å². The maximum Gasteiger partial charge on any atom is 0.185 e. The molecular weight excluding hydrogens is 304 g/mol. The van der Waals surface area contributed by atoms with Crippen molar-refractivity contribution in [3.05, 3.63) is 59.7 Å². The number of carbonyl (C=O) groups excluding carboxylic acids is 1. The summed E-state index contributed by atoms with van der Waals surface area (Å²) in [5.74, 6) is 1.91. The van der Waals surface area contributed by atoms with Crippen LogP contribution in [0.2, 0.25) is 0 Å². The fraction of sp³-hybridized carbons (Fsp3) is 0.250. The predicted molar refractivity (Wildman–Crippen MR) is 95.1 cm³/mol. The van der Waals surface area contributed by atoms with Gasteiger partial charge in [0.25, 0.3) is 0 Å². The van der Waals surface area contributed by atoms with Gasteiger partial charge < -0.3 is 14.2 Å². The number of rotatable bonds is 7. The predicted octanol–water partition coefficient (Wildman–Crippen LogP) is 4.39. The molecule has 0 aliphatic heterocycles. The van der Waals surface area contributed by atoms with Gasteiger partial charge in [-0.15, -0.1) is 0 Å². The summed E-state index contributed by atoms with van der Waals surface area (Å²) in [6, 6.07) is 12.6. The Hall–Kier alpha value is -2.75. The first-order valence-electron chi connectivity index (χ1n) is 7.75. The summed E-state index contributed by atoms with van der Waals surface area (Å²) in [7, 11) is 3.19. The Balaban J connectivity index is 2.25. The Bertz CT molecular complexity index is 715. The summed E-state index contributed by atoms with van der Waals surface area (Å²) in [6.45, 7) is 3.89. The first-order valence-corrected chi connectivity index (χ1v) is 7.75. The third-order valence-electron chi connectivity index (χ3n) is 3.37. The van der Waals surface area contributed by atoms with Gasteiger partial charge in [-0.2, -0.15) is 0 Å². The van der Waals surface area contributed by atoms with Crippen LogP contribution in [0, 0.1) is 0 Å². The summed E-state index contributed by atoms with van der Waals surface area (Å²) in [5.41, 5.74) is 1.39. The van der Waals surface area contributed by atoms with E-state index < -0.39 is 0 Å². The molecular formula is C20H22O4. The molecule has 0 amide bonds. The van der Waals surface area contributed by atoms with E-state index in [-0.39, 0.29) is 11.9 Å². The zero-order valence-corrected chi connectivity index (χ0v) is 14.4. The quantitative estimate of drug-likeness (QED) is 0.559. The molecule has 0 saturated heterocycles. The smallest absolute Gasteiger partial charge is 0.185 e. The molecule has 0 unspecified atom stereocenters. The van der Waals surface area contributed by atoms with Crippen LogP contribution in [0.3, 0.4) is 0 Å². The van der Waals surface area contributed by atoms with E-state index in [1.54, 1.807) is 44.6 Å². The van der Waals surface area contributed by atoms with E-state index in [2.05, 4.69) is 0 Å². The summed E-state index contributed by atoms with van der Waals surface area (Å²) in [6.07, 6.45) is 3.28. The van der Waals surface area contributed by atoms with Crippen LogP contribution in [0.15, 0.2) is 48.5 Å². The monoisotopic (exact) mass is 326 g/mol. The molecule has 0 N–H and O–H groups in total. The largest absolute Gasteiger partial charge is 0.497 e. The summed E-state index contributed by atoms with van der Waals surface area (Å²) < 4.78 is 16.3. The molecule has 0 radical (unpaired) electrons. The number of allylic oxidation sites excluding steroid dienone is 1. The molecule has 4 heteroatoms. The maximum atomic E-state index is 12.3. The molecule has 0 saturated carbocycles. The van der Waals surface area contributed by atoms with Crippen LogP contribution in [-0.2, 0) is 0 Å². The summed E-state index contributed by atoms with van der Waals surface area (Å²) in [4.78, 5) is 12.3. The first-order chi connectivity index (χ1) is 11.5. The van der Waals surface area contributed by atoms with Gasteiger partial charge in [-0.3, -0.25) is 4.79 Å². The average molecular weight is 326 g/mol. The lowest BCUT2D eigenvalue weighted by Crippen LogP contribution is -2.08. The number of carbonyl (C=O) groups is 1. The molecule has 0 atom stereocenters. The van der Waals surface area contributed by atoms with Crippen LogP contribution in [-0.4, -0.2) is 26.1 Å². The van der Waals surface area contributed by atoms with Gasteiger partial charge in [-0.05, 0) is 56.3 Å². The van der Waals surface area contributed by atoms with Crippen LogP contribution in [0.1, 0.15) is 29.8 Å². The first kappa shape index (κ1) is 17.6. The SMILES string of the molecule is COc1ccc(C(=O)C=Cc2cccc(OC)c2OC(C)C)cc1. The molecule has 2 aromatic carbocycles. The van der Waals surface area contributed by atoms with Crippen molar-refractivity contribution in [2.75, 3.05) is 14.2 Å². The van der Waals surface area contributed by atoms with Gasteiger partial charge in [0.2, 0.25) is 0 Å². The summed E-state index contributed by atoms with van der Waals surface area (Å²) in [5, 5.41) is 0. The number of methoxy groups -OCH3 is 2. The van der Waals surface area contributed by atoms with Gasteiger partial charge in [0.1, 0.15) is 5.75 Å². The van der Waals surface area contributed by atoms with Crippen LogP contribution >= 0.6 is 0 Å². The third kappa shape index (κ3) is 4.38. The second kappa shape index (κ2) is 8.20. The lowest BCUT2D eigenvalue weighted by molar-refractivity contribution is 0.104. The second-order valence-corrected chi connectivity index (χ2v) is 5.47. The van der Waals surface area contributed by atoms with Crippen LogP contribution in [0.4, 0.5) is 0 Å². The highest BCUT2D eigenvalue weighted by Gasteiger charge is 2.11. The lowest BCUT2D eigenvalue weighted by atomic mass is 10.1. The van der Waals surface area contributed by atoms with Gasteiger partial charge >= 0.3 is 0 Å².